The Labute approximate surface area is 105 Å². The second kappa shape index (κ2) is 4.22. The first-order chi connectivity index (χ1) is 8.75. The lowest BCUT2D eigenvalue weighted by molar-refractivity contribution is 0.103. The minimum atomic E-state index is -0.0656. The Morgan fingerprint density at radius 2 is 1.28 bits per heavy atom. The molecule has 0 N–H and O–H groups in total. The van der Waals surface area contributed by atoms with E-state index in [1.807, 2.05) is 24.3 Å². The van der Waals surface area contributed by atoms with Gasteiger partial charge in [-0.2, -0.15) is 0 Å². The molecule has 18 heavy (non-hydrogen) atoms. The van der Waals surface area contributed by atoms with Crippen molar-refractivity contribution in [1.29, 1.82) is 0 Å². The summed E-state index contributed by atoms with van der Waals surface area (Å²) in [4.78, 5) is 23.8. The Morgan fingerprint density at radius 1 is 0.667 bits per heavy atom. The van der Waals surface area contributed by atoms with Gasteiger partial charge in [-0.15, -0.1) is 0 Å². The van der Waals surface area contributed by atoms with E-state index in [-0.39, 0.29) is 11.2 Å². The van der Waals surface area contributed by atoms with Crippen LogP contribution in [0.4, 0.5) is 0 Å². The molecule has 0 fully saturated rings. The van der Waals surface area contributed by atoms with Gasteiger partial charge in [0.25, 0.3) is 0 Å². The average Bonchev–Trinajstić information content (AvgIpc) is 2.65. The maximum atomic E-state index is 12.5. The molecule has 0 heterocycles. The first-order valence-corrected chi connectivity index (χ1v) is 6.01. The molecule has 0 spiro atoms. The van der Waals surface area contributed by atoms with Gasteiger partial charge >= 0.3 is 0 Å². The van der Waals surface area contributed by atoms with Crippen LogP contribution in [0.2, 0.25) is 0 Å². The van der Waals surface area contributed by atoms with Gasteiger partial charge in [-0.3, -0.25) is 9.59 Å². The van der Waals surface area contributed by atoms with E-state index in [0.717, 1.165) is 29.5 Å². The third-order valence-corrected chi connectivity index (χ3v) is 3.38. The predicted molar refractivity (Wildman–Crippen MR) is 70.0 cm³/mol. The lowest BCUT2D eigenvalue weighted by Gasteiger charge is -2.02. The van der Waals surface area contributed by atoms with Crippen molar-refractivity contribution in [3.05, 3.63) is 81.0 Å². The van der Waals surface area contributed by atoms with Crippen molar-refractivity contribution in [2.75, 3.05) is 0 Å². The Kier molecular flexibility index (Phi) is 2.56. The molecule has 0 unspecified atom stereocenters. The molecule has 2 aromatic rings. The number of ketones is 1. The van der Waals surface area contributed by atoms with Gasteiger partial charge in [0.05, 0.1) is 0 Å². The van der Waals surface area contributed by atoms with Gasteiger partial charge in [-0.1, -0.05) is 30.3 Å². The van der Waals surface area contributed by atoms with Gasteiger partial charge in [0.15, 0.2) is 11.2 Å². The molecule has 0 saturated heterocycles. The molecule has 1 aliphatic carbocycles. The molecule has 2 aromatic carbocycles. The van der Waals surface area contributed by atoms with E-state index in [1.165, 1.54) is 12.1 Å². The summed E-state index contributed by atoms with van der Waals surface area (Å²) in [5.74, 6) is 0.0219. The van der Waals surface area contributed by atoms with E-state index in [2.05, 4.69) is 0 Å². The minimum absolute atomic E-state index is 0.0219. The van der Waals surface area contributed by atoms with E-state index in [9.17, 15) is 9.59 Å². The fraction of sp³-hybridized carbons (Fsp3) is 0.125. The third-order valence-electron chi connectivity index (χ3n) is 3.38. The fourth-order valence-corrected chi connectivity index (χ4v) is 2.41. The summed E-state index contributed by atoms with van der Waals surface area (Å²) in [6.45, 7) is 0. The normalized spacial score (nSPS) is 13.4. The summed E-state index contributed by atoms with van der Waals surface area (Å²) in [5, 5.41) is 0. The van der Waals surface area contributed by atoms with Crippen LogP contribution in [0.5, 0.6) is 0 Å². The highest BCUT2D eigenvalue weighted by atomic mass is 16.1. The van der Waals surface area contributed by atoms with Crippen molar-refractivity contribution < 1.29 is 4.79 Å². The fourth-order valence-electron chi connectivity index (χ4n) is 2.41. The molecule has 0 aromatic heterocycles. The molecular weight excluding hydrogens is 224 g/mol. The topological polar surface area (TPSA) is 34.1 Å². The zero-order valence-corrected chi connectivity index (χ0v) is 9.85. The second-order valence-electron chi connectivity index (χ2n) is 4.49. The quantitative estimate of drug-likeness (QED) is 0.703. The lowest BCUT2D eigenvalue weighted by atomic mass is 10.0. The Hall–Kier alpha value is -2.22. The predicted octanol–water partition coefficient (Wildman–Crippen LogP) is 2.38. The molecule has 0 bridgehead atoms. The molecule has 0 radical (unpaired) electrons. The van der Waals surface area contributed by atoms with E-state index in [0.29, 0.717) is 5.56 Å². The van der Waals surface area contributed by atoms with Crippen LogP contribution < -0.4 is 5.43 Å². The van der Waals surface area contributed by atoms with Crippen molar-refractivity contribution in [2.45, 2.75) is 12.8 Å². The van der Waals surface area contributed by atoms with Crippen LogP contribution in [-0.2, 0) is 12.8 Å². The molecule has 0 atom stereocenters. The van der Waals surface area contributed by atoms with Gasteiger partial charge in [-0.25, -0.2) is 0 Å². The number of rotatable bonds is 0. The number of hydrogen-bond donors (Lipinski definition) is 0. The summed E-state index contributed by atoms with van der Waals surface area (Å²) in [5.41, 5.74) is 3.39. The van der Waals surface area contributed by atoms with Gasteiger partial charge in [0, 0.05) is 11.1 Å². The standard InChI is InChI=1S/C16H12O2/c17-13-8-7-12-6-5-11-3-1-2-4-14(11)16(18)15(12)10-9-13/h1-4,7-10H,5-6H2. The van der Waals surface area contributed by atoms with E-state index in [1.54, 1.807) is 12.1 Å². The van der Waals surface area contributed by atoms with E-state index in [4.69, 9.17) is 0 Å². The number of hydrogen-bond acceptors (Lipinski definition) is 2. The molecule has 88 valence electrons. The Morgan fingerprint density at radius 3 is 2.11 bits per heavy atom. The molecule has 1 aliphatic rings. The Bertz CT molecular complexity index is 687. The van der Waals surface area contributed by atoms with Crippen LogP contribution in [0, 0.1) is 0 Å². The summed E-state index contributed by atoms with van der Waals surface area (Å²) in [7, 11) is 0. The van der Waals surface area contributed by atoms with Gasteiger partial charge in [0.1, 0.15) is 0 Å². The highest BCUT2D eigenvalue weighted by molar-refractivity contribution is 6.11. The van der Waals surface area contributed by atoms with Crippen molar-refractivity contribution in [1.82, 2.24) is 0 Å². The average molecular weight is 236 g/mol. The molecule has 3 rings (SSSR count). The maximum Gasteiger partial charge on any atom is 0.193 e. The number of fused-ring (bicyclic) bond motifs is 2. The maximum absolute atomic E-state index is 12.5. The summed E-state index contributed by atoms with van der Waals surface area (Å²) >= 11 is 0. The third kappa shape index (κ3) is 1.76. The van der Waals surface area contributed by atoms with Crippen LogP contribution in [0.25, 0.3) is 0 Å². The molecule has 0 amide bonds. The molecule has 2 nitrogen and oxygen atoms in total. The molecule has 2 heteroatoms. The SMILES string of the molecule is O=C1c2ccccc2CCc2ccc(=O)ccc21. The van der Waals surface area contributed by atoms with E-state index >= 15 is 0 Å². The van der Waals surface area contributed by atoms with Gasteiger partial charge in [-0.05, 0) is 42.2 Å². The highest BCUT2D eigenvalue weighted by Gasteiger charge is 2.19. The molecule has 0 aliphatic heterocycles. The number of carbonyl (C=O) groups excluding carboxylic acids is 1. The van der Waals surface area contributed by atoms with Crippen LogP contribution in [0.1, 0.15) is 27.0 Å². The molecule has 0 saturated carbocycles. The zero-order valence-electron chi connectivity index (χ0n) is 9.85. The summed E-state index contributed by atoms with van der Waals surface area (Å²) in [6, 6.07) is 14.1. The van der Waals surface area contributed by atoms with E-state index < -0.39 is 0 Å². The van der Waals surface area contributed by atoms with Crippen LogP contribution in [-0.4, -0.2) is 5.78 Å². The second-order valence-corrected chi connectivity index (χ2v) is 4.49. The largest absolute Gasteiger partial charge is 0.290 e. The summed E-state index contributed by atoms with van der Waals surface area (Å²) in [6.07, 6.45) is 1.64. The minimum Gasteiger partial charge on any atom is -0.290 e. The monoisotopic (exact) mass is 236 g/mol. The highest BCUT2D eigenvalue weighted by Crippen LogP contribution is 2.23. The zero-order chi connectivity index (χ0) is 12.5. The van der Waals surface area contributed by atoms with Crippen LogP contribution in [0.3, 0.4) is 0 Å². The van der Waals surface area contributed by atoms with Gasteiger partial charge in [0.2, 0.25) is 0 Å². The Balaban J connectivity index is 2.26. The van der Waals surface area contributed by atoms with Crippen molar-refractivity contribution in [3.63, 3.8) is 0 Å². The number of carbonyl (C=O) groups is 1. The first-order valence-electron chi connectivity index (χ1n) is 6.01. The number of aryl methyl sites for hydroxylation is 2. The first kappa shape index (κ1) is 10.9. The number of benzene rings is 1. The van der Waals surface area contributed by atoms with Crippen molar-refractivity contribution in [2.24, 2.45) is 0 Å². The van der Waals surface area contributed by atoms with Crippen LogP contribution >= 0.6 is 0 Å². The lowest BCUT2D eigenvalue weighted by Crippen LogP contribution is -2.02. The summed E-state index contributed by atoms with van der Waals surface area (Å²) < 4.78 is 0. The van der Waals surface area contributed by atoms with Crippen molar-refractivity contribution >= 4 is 5.78 Å². The van der Waals surface area contributed by atoms with Gasteiger partial charge < -0.3 is 0 Å². The molecular formula is C16H12O2. The van der Waals surface area contributed by atoms with Crippen molar-refractivity contribution in [3.8, 4) is 0 Å². The smallest absolute Gasteiger partial charge is 0.193 e. The van der Waals surface area contributed by atoms with Crippen LogP contribution in [0.15, 0.2) is 53.3 Å².